The molecule has 0 spiro atoms. The molecule has 0 aliphatic carbocycles. The first-order valence-corrected chi connectivity index (χ1v) is 13.0. The van der Waals surface area contributed by atoms with Crippen molar-refractivity contribution in [2.24, 2.45) is 5.14 Å². The van der Waals surface area contributed by atoms with Crippen molar-refractivity contribution >= 4 is 43.2 Å². The van der Waals surface area contributed by atoms with Crippen LogP contribution in [0.5, 0.6) is 0 Å². The highest BCUT2D eigenvalue weighted by Gasteiger charge is 2.35. The SMILES string of the molecule is NS(=O)(=O)c1cc2c(cc1Cl)NCN(CC(=O)N(CCCO[N+](=O)[O-])CCCO[N+](=O)[O-])S2(=O)=O. The number of primary sulfonamides is 1. The van der Waals surface area contributed by atoms with Crippen LogP contribution in [-0.4, -0.2) is 81.6 Å². The predicted octanol–water partition coefficient (Wildman–Crippen LogP) is -0.613. The molecule has 1 aliphatic heterocycles. The summed E-state index contributed by atoms with van der Waals surface area (Å²) in [5.41, 5.74) is 0.0109. The van der Waals surface area contributed by atoms with Crippen molar-refractivity contribution in [1.29, 1.82) is 0 Å². The fourth-order valence-electron chi connectivity index (χ4n) is 3.04. The van der Waals surface area contributed by atoms with Crippen LogP contribution in [0.2, 0.25) is 5.02 Å². The zero-order valence-electron chi connectivity index (χ0n) is 17.9. The average Bonchev–Trinajstić information content (AvgIpc) is 2.72. The van der Waals surface area contributed by atoms with Crippen molar-refractivity contribution in [3.05, 3.63) is 37.4 Å². The number of anilines is 1. The molecular weight excluding hydrogens is 540 g/mol. The van der Waals surface area contributed by atoms with Crippen LogP contribution in [0.1, 0.15) is 12.8 Å². The minimum atomic E-state index is -4.37. The first kappa shape index (κ1) is 28.2. The molecule has 1 aliphatic rings. The van der Waals surface area contributed by atoms with Crippen LogP contribution in [0, 0.1) is 20.2 Å². The number of sulfonamides is 2. The van der Waals surface area contributed by atoms with E-state index in [1.165, 1.54) is 0 Å². The second kappa shape index (κ2) is 11.6. The van der Waals surface area contributed by atoms with Crippen molar-refractivity contribution in [3.8, 4) is 0 Å². The van der Waals surface area contributed by atoms with E-state index in [0.717, 1.165) is 21.3 Å². The van der Waals surface area contributed by atoms with Crippen LogP contribution in [0.15, 0.2) is 21.9 Å². The quantitative estimate of drug-likeness (QED) is 0.174. The van der Waals surface area contributed by atoms with Crippen LogP contribution >= 0.6 is 11.6 Å². The Labute approximate surface area is 204 Å². The van der Waals surface area contributed by atoms with Gasteiger partial charge in [-0.05, 0) is 25.0 Å². The van der Waals surface area contributed by atoms with Gasteiger partial charge in [0, 0.05) is 13.1 Å². The van der Waals surface area contributed by atoms with Gasteiger partial charge in [0.1, 0.15) is 9.79 Å². The second-order valence-corrected chi connectivity index (χ2v) is 10.8. The summed E-state index contributed by atoms with van der Waals surface area (Å²) in [4.78, 5) is 41.9. The van der Waals surface area contributed by atoms with Gasteiger partial charge in [0.15, 0.2) is 0 Å². The molecule has 0 saturated heterocycles. The third-order valence-electron chi connectivity index (χ3n) is 4.61. The highest BCUT2D eigenvalue weighted by molar-refractivity contribution is 7.90. The number of hydrogen-bond donors (Lipinski definition) is 2. The minimum Gasteiger partial charge on any atom is -0.370 e. The molecule has 1 aromatic rings. The number of benzene rings is 1. The number of amides is 1. The predicted molar refractivity (Wildman–Crippen MR) is 117 cm³/mol. The van der Waals surface area contributed by atoms with E-state index in [-0.39, 0.29) is 56.5 Å². The van der Waals surface area contributed by atoms with Crippen LogP contribution in [-0.2, 0) is 34.5 Å². The lowest BCUT2D eigenvalue weighted by atomic mass is 10.3. The molecule has 196 valence electrons. The van der Waals surface area contributed by atoms with Gasteiger partial charge in [0.25, 0.3) is 10.2 Å². The van der Waals surface area contributed by atoms with Crippen LogP contribution in [0.3, 0.4) is 0 Å². The fraction of sp³-hybridized carbons (Fsp3) is 0.533. The molecule has 2 rings (SSSR count). The molecule has 20 heteroatoms. The number of nitrogens with zero attached hydrogens (tertiary/aromatic N) is 4. The molecule has 0 fully saturated rings. The highest BCUT2D eigenvalue weighted by atomic mass is 35.5. The summed E-state index contributed by atoms with van der Waals surface area (Å²) in [5, 5.41) is 26.1. The van der Waals surface area contributed by atoms with Crippen molar-refractivity contribution < 1.29 is 41.5 Å². The highest BCUT2D eigenvalue weighted by Crippen LogP contribution is 2.35. The van der Waals surface area contributed by atoms with E-state index in [0.29, 0.717) is 0 Å². The number of nitrogens with one attached hydrogen (secondary N) is 1. The van der Waals surface area contributed by atoms with E-state index in [1.807, 2.05) is 0 Å². The number of carbonyl (C=O) groups is 1. The third kappa shape index (κ3) is 7.75. The second-order valence-electron chi connectivity index (χ2n) is 6.98. The Kier molecular flexibility index (Phi) is 9.38. The lowest BCUT2D eigenvalue weighted by Crippen LogP contribution is -2.47. The lowest BCUT2D eigenvalue weighted by Gasteiger charge is -2.31. The number of halogens is 1. The van der Waals surface area contributed by atoms with Crippen molar-refractivity contribution in [3.63, 3.8) is 0 Å². The maximum atomic E-state index is 13.1. The molecule has 0 bridgehead atoms. The summed E-state index contributed by atoms with van der Waals surface area (Å²) in [7, 11) is -8.71. The molecular formula is C15H21ClN6O11S2. The Morgan fingerprint density at radius 3 is 2.20 bits per heavy atom. The van der Waals surface area contributed by atoms with Gasteiger partial charge in [-0.3, -0.25) is 4.79 Å². The normalized spacial score (nSPS) is 14.9. The average molecular weight is 561 g/mol. The van der Waals surface area contributed by atoms with Gasteiger partial charge in [-0.2, -0.15) is 4.31 Å². The summed E-state index contributed by atoms with van der Waals surface area (Å²) in [6, 6.07) is 1.87. The molecule has 1 heterocycles. The molecule has 17 nitrogen and oxygen atoms in total. The third-order valence-corrected chi connectivity index (χ3v) is 7.81. The molecule has 0 radical (unpaired) electrons. The summed E-state index contributed by atoms with van der Waals surface area (Å²) >= 11 is 5.89. The first-order chi connectivity index (χ1) is 16.2. The molecule has 0 saturated carbocycles. The van der Waals surface area contributed by atoms with Crippen molar-refractivity contribution in [2.45, 2.75) is 22.6 Å². The summed E-state index contributed by atoms with van der Waals surface area (Å²) < 4.78 is 50.3. The number of hydrogen-bond acceptors (Lipinski definition) is 12. The number of rotatable bonds is 13. The Hall–Kier alpha value is -3.00. The van der Waals surface area contributed by atoms with Gasteiger partial charge < -0.3 is 19.9 Å². The number of nitrogens with two attached hydrogens (primary N) is 1. The summed E-state index contributed by atoms with van der Waals surface area (Å²) in [6.45, 7) is -1.86. The van der Waals surface area contributed by atoms with Gasteiger partial charge >= 0.3 is 0 Å². The maximum absolute atomic E-state index is 13.1. The molecule has 35 heavy (non-hydrogen) atoms. The fourth-order valence-corrected chi connectivity index (χ4v) is 5.69. The minimum absolute atomic E-state index is 0.0109. The van der Waals surface area contributed by atoms with E-state index in [2.05, 4.69) is 15.0 Å². The Morgan fingerprint density at radius 2 is 1.71 bits per heavy atom. The molecule has 0 atom stereocenters. The van der Waals surface area contributed by atoms with Gasteiger partial charge in [-0.25, -0.2) is 22.0 Å². The molecule has 0 unspecified atom stereocenters. The zero-order valence-corrected chi connectivity index (χ0v) is 20.3. The number of fused-ring (bicyclic) bond motifs is 1. The lowest BCUT2D eigenvalue weighted by molar-refractivity contribution is -0.758. The van der Waals surface area contributed by atoms with Crippen molar-refractivity contribution in [1.82, 2.24) is 9.21 Å². The van der Waals surface area contributed by atoms with E-state index in [1.54, 1.807) is 0 Å². The molecule has 3 N–H and O–H groups in total. The molecule has 0 aromatic heterocycles. The van der Waals surface area contributed by atoms with Crippen molar-refractivity contribution in [2.75, 3.05) is 44.8 Å². The van der Waals surface area contributed by atoms with Crippen LogP contribution in [0.25, 0.3) is 0 Å². The summed E-state index contributed by atoms with van der Waals surface area (Å²) in [6.07, 6.45) is 0.0414. The van der Waals surface area contributed by atoms with Gasteiger partial charge in [0.2, 0.25) is 26.0 Å². The Morgan fingerprint density at radius 1 is 1.17 bits per heavy atom. The van der Waals surface area contributed by atoms with E-state index in [4.69, 9.17) is 16.7 Å². The molecule has 1 amide bonds. The smallest absolute Gasteiger partial charge is 0.294 e. The molecule has 1 aromatic carbocycles. The topological polar surface area (TPSA) is 235 Å². The van der Waals surface area contributed by atoms with Gasteiger partial charge in [-0.1, -0.05) is 11.6 Å². The van der Waals surface area contributed by atoms with E-state index < -0.39 is 52.5 Å². The monoisotopic (exact) mass is 560 g/mol. The largest absolute Gasteiger partial charge is 0.370 e. The van der Waals surface area contributed by atoms with Crippen LogP contribution < -0.4 is 10.5 Å². The number of carbonyl (C=O) groups excluding carboxylic acids is 1. The van der Waals surface area contributed by atoms with Gasteiger partial charge in [0.05, 0.1) is 37.1 Å². The Balaban J connectivity index is 2.19. The van der Waals surface area contributed by atoms with E-state index in [9.17, 15) is 41.9 Å². The first-order valence-electron chi connectivity index (χ1n) is 9.66. The Bertz CT molecular complexity index is 1170. The standard InChI is InChI=1S/C15H21ClN6O11S2/c16-11-7-12-14(8-13(11)34(17,28)29)35(30,31)20(10-18-12)9-15(23)19(3-1-5-32-21(24)25)4-2-6-33-22(26)27/h7-8,18H,1-6,9-10H2,(H2,17,28,29). The van der Waals surface area contributed by atoms with Crippen LogP contribution in [0.4, 0.5) is 5.69 Å². The summed E-state index contributed by atoms with van der Waals surface area (Å²) in [5.74, 6) is -0.721. The van der Waals surface area contributed by atoms with Gasteiger partial charge in [-0.15, -0.1) is 20.2 Å². The zero-order chi connectivity index (χ0) is 26.4. The van der Waals surface area contributed by atoms with E-state index >= 15 is 0 Å². The maximum Gasteiger partial charge on any atom is 0.294 e.